The van der Waals surface area contributed by atoms with Crippen molar-refractivity contribution < 1.29 is 0 Å². The molecule has 98 valence electrons. The van der Waals surface area contributed by atoms with E-state index in [0.29, 0.717) is 29.5 Å². The van der Waals surface area contributed by atoms with Crippen LogP contribution in [0.1, 0.15) is 26.1 Å². The minimum Gasteiger partial charge on any atom is -0.336 e. The summed E-state index contributed by atoms with van der Waals surface area (Å²) in [4.78, 5) is 31.3. The lowest BCUT2D eigenvalue weighted by molar-refractivity contribution is 0.454. The predicted octanol–water partition coefficient (Wildman–Crippen LogP) is 0.778. The molecule has 0 aliphatic rings. The first-order valence-corrected chi connectivity index (χ1v) is 6.11. The fraction of sp³-hybridized carbons (Fsp3) is 0.583. The lowest BCUT2D eigenvalue weighted by atomic mass is 10.1. The van der Waals surface area contributed by atoms with Crippen molar-refractivity contribution in [1.29, 1.82) is 0 Å². The summed E-state index contributed by atoms with van der Waals surface area (Å²) in [5.41, 5.74) is 0.231. The minimum absolute atomic E-state index is 0.306. The number of rotatable bonds is 3. The summed E-state index contributed by atoms with van der Waals surface area (Å²) in [5, 5.41) is 0. The SMILES string of the molecule is CC[C@@H](C)Cn1c(=O)n(C)c(=O)c2[nH]c(C)nc21. The summed E-state index contributed by atoms with van der Waals surface area (Å²) < 4.78 is 2.71. The van der Waals surface area contributed by atoms with Crippen molar-refractivity contribution in [3.05, 3.63) is 26.7 Å². The van der Waals surface area contributed by atoms with Gasteiger partial charge in [-0.25, -0.2) is 9.78 Å². The molecule has 1 N–H and O–H groups in total. The van der Waals surface area contributed by atoms with Gasteiger partial charge in [0.15, 0.2) is 5.65 Å². The highest BCUT2D eigenvalue weighted by Crippen LogP contribution is 2.09. The maximum atomic E-state index is 12.1. The molecule has 0 radical (unpaired) electrons. The maximum Gasteiger partial charge on any atom is 0.332 e. The van der Waals surface area contributed by atoms with E-state index in [1.165, 1.54) is 7.05 Å². The second kappa shape index (κ2) is 4.44. The van der Waals surface area contributed by atoms with Crippen molar-refractivity contribution in [3.8, 4) is 0 Å². The van der Waals surface area contributed by atoms with Gasteiger partial charge in [0.2, 0.25) is 0 Å². The summed E-state index contributed by atoms with van der Waals surface area (Å²) in [7, 11) is 1.49. The highest BCUT2D eigenvalue weighted by Gasteiger charge is 2.15. The number of aromatic nitrogens is 4. The molecule has 1 atom stereocenters. The third kappa shape index (κ3) is 1.87. The van der Waals surface area contributed by atoms with Crippen LogP contribution in [-0.2, 0) is 13.6 Å². The Morgan fingerprint density at radius 3 is 2.67 bits per heavy atom. The van der Waals surface area contributed by atoms with E-state index < -0.39 is 0 Å². The molecule has 6 nitrogen and oxygen atoms in total. The molecule has 2 aromatic heterocycles. The van der Waals surface area contributed by atoms with Gasteiger partial charge in [-0.15, -0.1) is 0 Å². The summed E-state index contributed by atoms with van der Waals surface area (Å²) in [6, 6.07) is 0. The van der Waals surface area contributed by atoms with Crippen molar-refractivity contribution in [2.45, 2.75) is 33.7 Å². The van der Waals surface area contributed by atoms with Gasteiger partial charge in [-0.05, 0) is 12.8 Å². The number of hydrogen-bond donors (Lipinski definition) is 1. The first-order valence-electron chi connectivity index (χ1n) is 6.11. The quantitative estimate of drug-likeness (QED) is 0.874. The van der Waals surface area contributed by atoms with Crippen molar-refractivity contribution in [2.24, 2.45) is 13.0 Å². The summed E-state index contributed by atoms with van der Waals surface area (Å²) in [6.07, 6.45) is 0.972. The molecule has 0 saturated carbocycles. The molecule has 0 aromatic carbocycles. The van der Waals surface area contributed by atoms with Gasteiger partial charge in [-0.3, -0.25) is 13.9 Å². The third-order valence-corrected chi connectivity index (χ3v) is 3.29. The van der Waals surface area contributed by atoms with Gasteiger partial charge in [0.05, 0.1) is 0 Å². The summed E-state index contributed by atoms with van der Waals surface area (Å²) in [5.74, 6) is 1.01. The number of fused-ring (bicyclic) bond motifs is 1. The second-order valence-electron chi connectivity index (χ2n) is 4.79. The Balaban J connectivity index is 2.78. The highest BCUT2D eigenvalue weighted by atomic mass is 16.2. The molecule has 0 aliphatic heterocycles. The first-order chi connectivity index (χ1) is 8.45. The van der Waals surface area contributed by atoms with Crippen LogP contribution in [0.5, 0.6) is 0 Å². The van der Waals surface area contributed by atoms with E-state index in [1.54, 1.807) is 11.5 Å². The number of aromatic amines is 1. The molecule has 0 amide bonds. The lowest BCUT2D eigenvalue weighted by Gasteiger charge is -2.12. The Bertz CT molecular complexity index is 692. The van der Waals surface area contributed by atoms with Gasteiger partial charge in [-0.1, -0.05) is 20.3 Å². The fourth-order valence-electron chi connectivity index (χ4n) is 1.96. The number of nitrogens with zero attached hydrogens (tertiary/aromatic N) is 3. The Labute approximate surface area is 104 Å². The average molecular weight is 250 g/mol. The molecule has 6 heteroatoms. The van der Waals surface area contributed by atoms with Gasteiger partial charge in [0.1, 0.15) is 11.3 Å². The van der Waals surface area contributed by atoms with E-state index in [0.717, 1.165) is 11.0 Å². The van der Waals surface area contributed by atoms with Crippen molar-refractivity contribution in [1.82, 2.24) is 19.1 Å². The van der Waals surface area contributed by atoms with Gasteiger partial charge in [0, 0.05) is 13.6 Å². The molecule has 0 fully saturated rings. The zero-order valence-electron chi connectivity index (χ0n) is 11.1. The number of imidazole rings is 1. The van der Waals surface area contributed by atoms with Gasteiger partial charge >= 0.3 is 5.69 Å². The maximum absolute atomic E-state index is 12.1. The Kier molecular flexibility index (Phi) is 3.11. The third-order valence-electron chi connectivity index (χ3n) is 3.29. The van der Waals surface area contributed by atoms with Crippen LogP contribution >= 0.6 is 0 Å². The van der Waals surface area contributed by atoms with E-state index in [1.807, 2.05) is 0 Å². The molecule has 0 spiro atoms. The van der Waals surface area contributed by atoms with Crippen molar-refractivity contribution >= 4 is 11.2 Å². The minimum atomic E-state index is -0.323. The molecule has 2 heterocycles. The number of nitrogens with one attached hydrogen (secondary N) is 1. The standard InChI is InChI=1S/C12H18N4O2/c1-5-7(2)6-16-10-9(13-8(3)14-10)11(17)15(4)12(16)18/h7H,5-6H2,1-4H3,(H,13,14)/t7-/m1/s1. The Morgan fingerprint density at radius 1 is 1.39 bits per heavy atom. The topological polar surface area (TPSA) is 72.7 Å². The predicted molar refractivity (Wildman–Crippen MR) is 69.8 cm³/mol. The Morgan fingerprint density at radius 2 is 2.06 bits per heavy atom. The normalized spacial score (nSPS) is 13.1. The second-order valence-corrected chi connectivity index (χ2v) is 4.79. The van der Waals surface area contributed by atoms with Crippen LogP contribution in [0.4, 0.5) is 0 Å². The van der Waals surface area contributed by atoms with Gasteiger partial charge < -0.3 is 4.98 Å². The molecule has 0 bridgehead atoms. The van der Waals surface area contributed by atoms with E-state index in [9.17, 15) is 9.59 Å². The van der Waals surface area contributed by atoms with Crippen LogP contribution in [0.3, 0.4) is 0 Å². The molecular weight excluding hydrogens is 232 g/mol. The number of H-pyrrole nitrogens is 1. The average Bonchev–Trinajstić information content (AvgIpc) is 2.73. The molecule has 0 unspecified atom stereocenters. The molecule has 2 rings (SSSR count). The van der Waals surface area contributed by atoms with Crippen molar-refractivity contribution in [2.75, 3.05) is 0 Å². The molecular formula is C12H18N4O2. The van der Waals surface area contributed by atoms with Crippen LogP contribution in [0.15, 0.2) is 9.59 Å². The molecule has 0 aliphatic carbocycles. The van der Waals surface area contributed by atoms with Crippen LogP contribution in [0.25, 0.3) is 11.2 Å². The number of hydrogen-bond acceptors (Lipinski definition) is 3. The molecule has 18 heavy (non-hydrogen) atoms. The zero-order valence-corrected chi connectivity index (χ0v) is 11.1. The van der Waals surface area contributed by atoms with E-state index >= 15 is 0 Å². The fourth-order valence-corrected chi connectivity index (χ4v) is 1.96. The summed E-state index contributed by atoms with van der Waals surface area (Å²) in [6.45, 7) is 6.50. The van der Waals surface area contributed by atoms with Gasteiger partial charge in [0.25, 0.3) is 5.56 Å². The lowest BCUT2D eigenvalue weighted by Crippen LogP contribution is -2.39. The van der Waals surface area contributed by atoms with Crippen LogP contribution < -0.4 is 11.2 Å². The highest BCUT2D eigenvalue weighted by molar-refractivity contribution is 5.69. The summed E-state index contributed by atoms with van der Waals surface area (Å²) >= 11 is 0. The van der Waals surface area contributed by atoms with Gasteiger partial charge in [-0.2, -0.15) is 0 Å². The smallest absolute Gasteiger partial charge is 0.332 e. The zero-order chi connectivity index (χ0) is 13.4. The first kappa shape index (κ1) is 12.6. The van der Waals surface area contributed by atoms with Crippen molar-refractivity contribution in [3.63, 3.8) is 0 Å². The number of aryl methyl sites for hydroxylation is 1. The van der Waals surface area contributed by atoms with E-state index in [2.05, 4.69) is 23.8 Å². The molecule has 2 aromatic rings. The molecule has 0 saturated heterocycles. The monoisotopic (exact) mass is 250 g/mol. The largest absolute Gasteiger partial charge is 0.336 e. The van der Waals surface area contributed by atoms with E-state index in [-0.39, 0.29) is 11.2 Å². The Hall–Kier alpha value is -1.85. The van der Waals surface area contributed by atoms with Crippen LogP contribution in [-0.4, -0.2) is 19.1 Å². The van der Waals surface area contributed by atoms with Crippen LogP contribution in [0.2, 0.25) is 0 Å². The van der Waals surface area contributed by atoms with E-state index in [4.69, 9.17) is 0 Å². The van der Waals surface area contributed by atoms with Crippen LogP contribution in [0, 0.1) is 12.8 Å².